The summed E-state index contributed by atoms with van der Waals surface area (Å²) in [6.07, 6.45) is 4.33. The highest BCUT2D eigenvalue weighted by molar-refractivity contribution is 5.60. The number of nitrogens with zero attached hydrogens (tertiary/aromatic N) is 4. The Morgan fingerprint density at radius 1 is 1.36 bits per heavy atom. The molecule has 0 unspecified atom stereocenters. The molecule has 0 atom stereocenters. The highest BCUT2D eigenvalue weighted by Gasteiger charge is 2.30. The van der Waals surface area contributed by atoms with Gasteiger partial charge < -0.3 is 10.4 Å². The van der Waals surface area contributed by atoms with E-state index in [0.29, 0.717) is 23.5 Å². The first-order valence-corrected chi connectivity index (χ1v) is 7.85. The first-order valence-electron chi connectivity index (χ1n) is 7.85. The third kappa shape index (κ3) is 3.27. The number of aliphatic hydroxyl groups excluding tert-OH is 1. The largest absolute Gasteiger partial charge is 0.388 e. The number of nitrogens with one attached hydrogen (secondary N) is 1. The van der Waals surface area contributed by atoms with Crippen molar-refractivity contribution in [3.05, 3.63) is 29.5 Å². The summed E-state index contributed by atoms with van der Waals surface area (Å²) in [7, 11) is 0. The molecule has 22 heavy (non-hydrogen) atoms. The first kappa shape index (κ1) is 15.0. The number of rotatable bonds is 6. The maximum absolute atomic E-state index is 9.24. The van der Waals surface area contributed by atoms with Crippen molar-refractivity contribution >= 4 is 11.5 Å². The summed E-state index contributed by atoms with van der Waals surface area (Å²) >= 11 is 0. The van der Waals surface area contributed by atoms with Gasteiger partial charge in [-0.2, -0.15) is 5.10 Å². The van der Waals surface area contributed by atoms with Crippen LogP contribution < -0.4 is 5.32 Å². The van der Waals surface area contributed by atoms with Gasteiger partial charge in [-0.05, 0) is 25.7 Å². The smallest absolute Gasteiger partial charge is 0.156 e. The maximum atomic E-state index is 9.24. The predicted molar refractivity (Wildman–Crippen MR) is 85.0 cm³/mol. The minimum absolute atomic E-state index is 0.154. The predicted octanol–water partition coefficient (Wildman–Crippen LogP) is 2.75. The van der Waals surface area contributed by atoms with Crippen LogP contribution in [0.4, 0.5) is 11.5 Å². The standard InChI is InChI=1S/C16H23N5O/c1-10(2)8-21-16(12-4-5-12)13(7-17-21)19-14-6-11(3)18-15(9-22)20-14/h6-7,10,12,22H,4-5,8-9H2,1-3H3,(H,18,19,20). The Kier molecular flexibility index (Phi) is 4.11. The van der Waals surface area contributed by atoms with Crippen LogP contribution in [0.3, 0.4) is 0 Å². The molecule has 118 valence electrons. The van der Waals surface area contributed by atoms with Crippen LogP contribution in [-0.2, 0) is 13.2 Å². The van der Waals surface area contributed by atoms with Crippen molar-refractivity contribution < 1.29 is 5.11 Å². The summed E-state index contributed by atoms with van der Waals surface area (Å²) in [6.45, 7) is 7.08. The Morgan fingerprint density at radius 3 is 2.77 bits per heavy atom. The van der Waals surface area contributed by atoms with Crippen molar-refractivity contribution in [3.63, 3.8) is 0 Å². The van der Waals surface area contributed by atoms with Gasteiger partial charge in [0.1, 0.15) is 12.4 Å². The zero-order valence-electron chi connectivity index (χ0n) is 13.4. The fourth-order valence-electron chi connectivity index (χ4n) is 2.67. The fraction of sp³-hybridized carbons (Fsp3) is 0.562. The second-order valence-corrected chi connectivity index (χ2v) is 6.39. The van der Waals surface area contributed by atoms with Crippen LogP contribution >= 0.6 is 0 Å². The summed E-state index contributed by atoms with van der Waals surface area (Å²) in [6, 6.07) is 1.88. The van der Waals surface area contributed by atoms with Gasteiger partial charge in [0, 0.05) is 24.2 Å². The van der Waals surface area contributed by atoms with Crippen LogP contribution in [0, 0.1) is 12.8 Å². The molecule has 0 saturated heterocycles. The van der Waals surface area contributed by atoms with Gasteiger partial charge in [-0.15, -0.1) is 0 Å². The summed E-state index contributed by atoms with van der Waals surface area (Å²) in [5, 5.41) is 17.1. The normalized spacial score (nSPS) is 14.6. The maximum Gasteiger partial charge on any atom is 0.156 e. The Hall–Kier alpha value is -1.95. The van der Waals surface area contributed by atoms with Crippen molar-refractivity contribution in [2.45, 2.75) is 52.7 Å². The Labute approximate surface area is 130 Å². The third-order valence-electron chi connectivity index (χ3n) is 3.69. The van der Waals surface area contributed by atoms with Crippen molar-refractivity contribution in [1.82, 2.24) is 19.7 Å². The third-order valence-corrected chi connectivity index (χ3v) is 3.69. The summed E-state index contributed by atoms with van der Waals surface area (Å²) in [4.78, 5) is 8.52. The van der Waals surface area contributed by atoms with Gasteiger partial charge in [0.05, 0.1) is 17.6 Å². The highest BCUT2D eigenvalue weighted by Crippen LogP contribution is 2.44. The molecule has 2 aromatic heterocycles. The molecule has 0 bridgehead atoms. The quantitative estimate of drug-likeness (QED) is 0.858. The van der Waals surface area contributed by atoms with E-state index in [0.717, 1.165) is 17.9 Å². The van der Waals surface area contributed by atoms with Crippen LogP contribution in [0.5, 0.6) is 0 Å². The molecule has 0 spiro atoms. The van der Waals surface area contributed by atoms with Crippen LogP contribution in [0.2, 0.25) is 0 Å². The van der Waals surface area contributed by atoms with Gasteiger partial charge in [0.15, 0.2) is 5.82 Å². The van der Waals surface area contributed by atoms with Crippen molar-refractivity contribution in [2.75, 3.05) is 5.32 Å². The van der Waals surface area contributed by atoms with E-state index in [4.69, 9.17) is 0 Å². The molecule has 2 N–H and O–H groups in total. The Bertz CT molecular complexity index is 661. The lowest BCUT2D eigenvalue weighted by molar-refractivity contribution is 0.271. The first-order chi connectivity index (χ1) is 10.6. The van der Waals surface area contributed by atoms with E-state index < -0.39 is 0 Å². The topological polar surface area (TPSA) is 75.9 Å². The van der Waals surface area contributed by atoms with Gasteiger partial charge in [-0.25, -0.2) is 9.97 Å². The second-order valence-electron chi connectivity index (χ2n) is 6.39. The minimum Gasteiger partial charge on any atom is -0.388 e. The minimum atomic E-state index is -0.154. The van der Waals surface area contributed by atoms with Gasteiger partial charge >= 0.3 is 0 Å². The Balaban J connectivity index is 1.89. The summed E-state index contributed by atoms with van der Waals surface area (Å²) in [5.41, 5.74) is 3.13. The fourth-order valence-corrected chi connectivity index (χ4v) is 2.67. The summed E-state index contributed by atoms with van der Waals surface area (Å²) < 4.78 is 2.12. The molecular formula is C16H23N5O. The van der Waals surface area contributed by atoms with Gasteiger partial charge in [0.25, 0.3) is 0 Å². The van der Waals surface area contributed by atoms with E-state index >= 15 is 0 Å². The number of anilines is 2. The molecule has 1 fully saturated rings. The highest BCUT2D eigenvalue weighted by atomic mass is 16.3. The molecule has 1 aliphatic rings. The van der Waals surface area contributed by atoms with Crippen molar-refractivity contribution in [2.24, 2.45) is 5.92 Å². The molecule has 2 aromatic rings. The van der Waals surface area contributed by atoms with E-state index in [2.05, 4.69) is 38.9 Å². The average molecular weight is 301 g/mol. The molecule has 0 amide bonds. The number of aryl methyl sites for hydroxylation is 1. The number of hydrogen-bond donors (Lipinski definition) is 2. The van der Waals surface area contributed by atoms with Crippen LogP contribution in [-0.4, -0.2) is 24.9 Å². The molecule has 2 heterocycles. The van der Waals surface area contributed by atoms with Crippen LogP contribution in [0.1, 0.15) is 49.8 Å². The number of hydrogen-bond acceptors (Lipinski definition) is 5. The summed E-state index contributed by atoms with van der Waals surface area (Å²) in [5.74, 6) is 2.31. The molecule has 6 nitrogen and oxygen atoms in total. The molecule has 0 radical (unpaired) electrons. The van der Waals surface area contributed by atoms with Crippen molar-refractivity contribution in [3.8, 4) is 0 Å². The van der Waals surface area contributed by atoms with E-state index in [9.17, 15) is 5.11 Å². The number of aliphatic hydroxyl groups is 1. The van der Waals surface area contributed by atoms with Crippen LogP contribution in [0.25, 0.3) is 0 Å². The van der Waals surface area contributed by atoms with Crippen LogP contribution in [0.15, 0.2) is 12.3 Å². The van der Waals surface area contributed by atoms with Crippen molar-refractivity contribution in [1.29, 1.82) is 0 Å². The molecule has 3 rings (SSSR count). The van der Waals surface area contributed by atoms with Gasteiger partial charge in [0.2, 0.25) is 0 Å². The van der Waals surface area contributed by atoms with E-state index in [1.165, 1.54) is 18.5 Å². The molecular weight excluding hydrogens is 278 g/mol. The lowest BCUT2D eigenvalue weighted by atomic mass is 10.2. The van der Waals surface area contributed by atoms with E-state index in [1.807, 2.05) is 19.2 Å². The molecule has 1 aliphatic carbocycles. The zero-order valence-corrected chi connectivity index (χ0v) is 13.4. The van der Waals surface area contributed by atoms with E-state index in [-0.39, 0.29) is 6.61 Å². The molecule has 0 aromatic carbocycles. The molecule has 1 saturated carbocycles. The molecule has 0 aliphatic heterocycles. The zero-order chi connectivity index (χ0) is 15.7. The second kappa shape index (κ2) is 6.04. The SMILES string of the molecule is Cc1cc(Nc2cnn(CC(C)C)c2C2CC2)nc(CO)n1. The Morgan fingerprint density at radius 2 is 2.14 bits per heavy atom. The van der Waals surface area contributed by atoms with Gasteiger partial charge in [-0.3, -0.25) is 4.68 Å². The number of aromatic nitrogens is 4. The van der Waals surface area contributed by atoms with Gasteiger partial charge in [-0.1, -0.05) is 13.8 Å². The lowest BCUT2D eigenvalue weighted by Gasteiger charge is -2.12. The monoisotopic (exact) mass is 301 g/mol. The average Bonchev–Trinajstić information content (AvgIpc) is 3.22. The van der Waals surface area contributed by atoms with E-state index in [1.54, 1.807) is 0 Å². The molecule has 6 heteroatoms. The lowest BCUT2D eigenvalue weighted by Crippen LogP contribution is -2.10.